The van der Waals surface area contributed by atoms with Crippen molar-refractivity contribution in [2.45, 2.75) is 45.0 Å². The fourth-order valence-corrected chi connectivity index (χ4v) is 3.70. The lowest BCUT2D eigenvalue weighted by Crippen LogP contribution is -2.69. The Balaban J connectivity index is 2.09. The molecule has 5 nitrogen and oxygen atoms in total. The summed E-state index contributed by atoms with van der Waals surface area (Å²) in [6.07, 6.45) is 1.77. The van der Waals surface area contributed by atoms with E-state index in [4.69, 9.17) is 4.74 Å². The molecule has 0 radical (unpaired) electrons. The van der Waals surface area contributed by atoms with Crippen LogP contribution in [-0.2, 0) is 14.3 Å². The van der Waals surface area contributed by atoms with Gasteiger partial charge >= 0.3 is 5.97 Å². The Morgan fingerprint density at radius 1 is 1.45 bits per heavy atom. The minimum absolute atomic E-state index is 0.0153. The number of ether oxygens (including phenoxy) is 1. The molecule has 0 bridgehead atoms. The van der Waals surface area contributed by atoms with E-state index in [1.807, 2.05) is 13.8 Å². The summed E-state index contributed by atoms with van der Waals surface area (Å²) in [5.41, 5.74) is 1.39. The van der Waals surface area contributed by atoms with Gasteiger partial charge in [-0.25, -0.2) is 4.79 Å². The average molecular weight is 298 g/mol. The first-order valence-electron chi connectivity index (χ1n) is 7.16. The zero-order valence-electron chi connectivity index (χ0n) is 12.3. The van der Waals surface area contributed by atoms with Crippen LogP contribution in [0.25, 0.3) is 0 Å². The summed E-state index contributed by atoms with van der Waals surface area (Å²) in [5, 5.41) is 3.28. The molecule has 2 atom stereocenters. The molecular weight excluding hydrogens is 276 g/mol. The van der Waals surface area contributed by atoms with Crippen molar-refractivity contribution < 1.29 is 14.3 Å². The van der Waals surface area contributed by atoms with Gasteiger partial charge in [0.1, 0.15) is 17.1 Å². The van der Waals surface area contributed by atoms with E-state index in [0.717, 1.165) is 30.7 Å². The zero-order valence-corrected chi connectivity index (χ0v) is 13.1. The van der Waals surface area contributed by atoms with Gasteiger partial charge in [-0.2, -0.15) is 0 Å². The van der Waals surface area contributed by atoms with Crippen LogP contribution < -0.4 is 5.32 Å². The fourth-order valence-electron chi connectivity index (χ4n) is 2.38. The second-order valence-corrected chi connectivity index (χ2v) is 6.21. The quantitative estimate of drug-likeness (QED) is 0.595. The third kappa shape index (κ3) is 2.72. The van der Waals surface area contributed by atoms with Crippen LogP contribution in [0.4, 0.5) is 0 Å². The Morgan fingerprint density at radius 2 is 2.20 bits per heavy atom. The van der Waals surface area contributed by atoms with Crippen molar-refractivity contribution in [3.8, 4) is 0 Å². The van der Waals surface area contributed by atoms with Crippen molar-refractivity contribution in [3.63, 3.8) is 0 Å². The maximum Gasteiger partial charge on any atom is 0.355 e. The second-order valence-electron chi connectivity index (χ2n) is 5.11. The molecule has 112 valence electrons. The molecule has 20 heavy (non-hydrogen) atoms. The molecule has 2 aliphatic rings. The number of fused-ring (bicyclic) bond motifs is 1. The summed E-state index contributed by atoms with van der Waals surface area (Å²) >= 11 is 1.71. The molecule has 0 unspecified atom stereocenters. The lowest BCUT2D eigenvalue weighted by Gasteiger charge is -2.49. The lowest BCUT2D eigenvalue weighted by atomic mass is 10.0. The molecule has 0 aromatic rings. The highest BCUT2D eigenvalue weighted by atomic mass is 32.2. The topological polar surface area (TPSA) is 58.6 Å². The molecule has 1 amide bonds. The van der Waals surface area contributed by atoms with Crippen molar-refractivity contribution >= 4 is 23.6 Å². The Bertz CT molecular complexity index is 436. The molecule has 1 fully saturated rings. The van der Waals surface area contributed by atoms with Gasteiger partial charge in [0, 0.05) is 5.75 Å². The van der Waals surface area contributed by atoms with Crippen molar-refractivity contribution in [2.75, 3.05) is 18.9 Å². The molecule has 0 spiro atoms. The Morgan fingerprint density at radius 3 is 2.85 bits per heavy atom. The van der Waals surface area contributed by atoms with Crippen molar-refractivity contribution in [1.29, 1.82) is 0 Å². The van der Waals surface area contributed by atoms with Gasteiger partial charge in [0.2, 0.25) is 5.91 Å². The van der Waals surface area contributed by atoms with Crippen LogP contribution in [0.5, 0.6) is 0 Å². The highest BCUT2D eigenvalue weighted by Gasteiger charge is 2.52. The fraction of sp³-hybridized carbons (Fsp3) is 0.714. The summed E-state index contributed by atoms with van der Waals surface area (Å²) in [7, 11) is 0. The summed E-state index contributed by atoms with van der Waals surface area (Å²) in [6, 6.07) is -0.165. The molecule has 6 heteroatoms. The van der Waals surface area contributed by atoms with E-state index >= 15 is 0 Å². The Hall–Kier alpha value is -1.01. The van der Waals surface area contributed by atoms with Gasteiger partial charge in [0.25, 0.3) is 0 Å². The van der Waals surface area contributed by atoms with E-state index in [1.54, 1.807) is 16.7 Å². The average Bonchev–Trinajstić information content (AvgIpc) is 2.45. The zero-order chi connectivity index (χ0) is 14.7. The molecular formula is C14H22N2O3S. The van der Waals surface area contributed by atoms with Crippen LogP contribution >= 0.6 is 11.8 Å². The summed E-state index contributed by atoms with van der Waals surface area (Å²) in [4.78, 5) is 26.0. The molecule has 2 rings (SSSR count). The van der Waals surface area contributed by atoms with Crippen molar-refractivity contribution in [3.05, 3.63) is 11.3 Å². The molecule has 2 heterocycles. The molecule has 2 aliphatic heterocycles. The monoisotopic (exact) mass is 298 g/mol. The number of carbonyl (C=O) groups excluding carboxylic acids is 2. The van der Waals surface area contributed by atoms with E-state index in [0.29, 0.717) is 12.3 Å². The van der Waals surface area contributed by atoms with E-state index in [2.05, 4.69) is 12.2 Å². The summed E-state index contributed by atoms with van der Waals surface area (Å²) in [5.74, 6) is 0.394. The van der Waals surface area contributed by atoms with Crippen molar-refractivity contribution in [1.82, 2.24) is 10.2 Å². The molecule has 0 saturated carbocycles. The predicted molar refractivity (Wildman–Crippen MR) is 79.1 cm³/mol. The third-order valence-corrected chi connectivity index (χ3v) is 4.83. The van der Waals surface area contributed by atoms with Gasteiger partial charge in [-0.1, -0.05) is 13.8 Å². The predicted octanol–water partition coefficient (Wildman–Crippen LogP) is 1.50. The number of carbonyl (C=O) groups is 2. The summed E-state index contributed by atoms with van der Waals surface area (Å²) in [6.45, 7) is 7.13. The van der Waals surface area contributed by atoms with E-state index in [9.17, 15) is 9.59 Å². The maximum absolute atomic E-state index is 12.2. The normalized spacial score (nSPS) is 25.4. The van der Waals surface area contributed by atoms with Crippen molar-refractivity contribution in [2.24, 2.45) is 0 Å². The number of amides is 1. The van der Waals surface area contributed by atoms with Crippen LogP contribution in [0, 0.1) is 0 Å². The first-order valence-corrected chi connectivity index (χ1v) is 8.21. The SMILES string of the molecule is CCCN[C@@H]1C(=O)N2C(C(=O)OCCC)=C(C)CS[C@H]12. The third-order valence-electron chi connectivity index (χ3n) is 3.40. The molecule has 0 aliphatic carbocycles. The summed E-state index contributed by atoms with van der Waals surface area (Å²) < 4.78 is 5.20. The van der Waals surface area contributed by atoms with Gasteiger partial charge in [-0.15, -0.1) is 11.8 Å². The maximum atomic E-state index is 12.2. The van der Waals surface area contributed by atoms with Gasteiger partial charge in [-0.05, 0) is 31.9 Å². The van der Waals surface area contributed by atoms with Crippen LogP contribution in [0.1, 0.15) is 33.6 Å². The van der Waals surface area contributed by atoms with Crippen LogP contribution in [0.2, 0.25) is 0 Å². The molecule has 0 aromatic carbocycles. The Kier molecular flexibility index (Phi) is 5.10. The smallest absolute Gasteiger partial charge is 0.355 e. The first-order chi connectivity index (χ1) is 9.61. The minimum Gasteiger partial charge on any atom is -0.461 e. The second kappa shape index (κ2) is 6.63. The van der Waals surface area contributed by atoms with Gasteiger partial charge in [0.05, 0.1) is 6.61 Å². The van der Waals surface area contributed by atoms with Gasteiger partial charge in [0.15, 0.2) is 0 Å². The number of esters is 1. The number of hydrogen-bond acceptors (Lipinski definition) is 5. The highest BCUT2D eigenvalue weighted by Crippen LogP contribution is 2.40. The number of thioether (sulfide) groups is 1. The highest BCUT2D eigenvalue weighted by molar-refractivity contribution is 8.00. The largest absolute Gasteiger partial charge is 0.461 e. The first kappa shape index (κ1) is 15.4. The van der Waals surface area contributed by atoms with Gasteiger partial charge in [-0.3, -0.25) is 9.69 Å². The van der Waals surface area contributed by atoms with Crippen LogP contribution in [-0.4, -0.2) is 47.1 Å². The van der Waals surface area contributed by atoms with E-state index < -0.39 is 0 Å². The number of nitrogens with one attached hydrogen (secondary N) is 1. The standard InChI is InChI=1S/C14H22N2O3S/c1-4-6-15-10-12(17)16-11(14(18)19-7-5-2)9(3)8-20-13(10)16/h10,13,15H,4-8H2,1-3H3/t10-,13-/m1/s1. The number of β-lactam (4-membered cyclic amide) rings is 1. The number of nitrogens with zero attached hydrogens (tertiary/aromatic N) is 1. The number of rotatable bonds is 6. The Labute approximate surface area is 124 Å². The molecule has 1 saturated heterocycles. The molecule has 1 N–H and O–H groups in total. The minimum atomic E-state index is -0.364. The van der Waals surface area contributed by atoms with E-state index in [1.165, 1.54) is 0 Å². The van der Waals surface area contributed by atoms with Gasteiger partial charge < -0.3 is 10.1 Å². The number of hydrogen-bond donors (Lipinski definition) is 1. The van der Waals surface area contributed by atoms with Crippen LogP contribution in [0.15, 0.2) is 11.3 Å². The molecule has 0 aromatic heterocycles. The lowest BCUT2D eigenvalue weighted by molar-refractivity contribution is -0.151. The van der Waals surface area contributed by atoms with E-state index in [-0.39, 0.29) is 23.3 Å². The van der Waals surface area contributed by atoms with Crippen LogP contribution in [0.3, 0.4) is 0 Å².